The number of nitrogens with zero attached hydrogens (tertiary/aromatic N) is 2. The zero-order valence-corrected chi connectivity index (χ0v) is 30.6. The van der Waals surface area contributed by atoms with E-state index in [9.17, 15) is 14.4 Å². The van der Waals surface area contributed by atoms with Crippen molar-refractivity contribution in [2.24, 2.45) is 0 Å². The Morgan fingerprint density at radius 1 is 0.942 bits per heavy atom. The number of hydrogen-bond acceptors (Lipinski definition) is 8. The number of aromatic amines is 2. The minimum absolute atomic E-state index is 0.0498. The average Bonchev–Trinajstić information content (AvgIpc) is 3.81. The van der Waals surface area contributed by atoms with Crippen LogP contribution in [0.25, 0.3) is 39.3 Å². The Kier molecular flexibility index (Phi) is 9.88. The summed E-state index contributed by atoms with van der Waals surface area (Å²) < 4.78 is 10.6. The van der Waals surface area contributed by atoms with Gasteiger partial charge in [-0.05, 0) is 86.2 Å². The predicted molar refractivity (Wildman–Crippen MR) is 206 cm³/mol. The van der Waals surface area contributed by atoms with E-state index in [0.717, 1.165) is 50.7 Å². The summed E-state index contributed by atoms with van der Waals surface area (Å²) in [4.78, 5) is 58.0. The van der Waals surface area contributed by atoms with Crippen LogP contribution in [-0.4, -0.2) is 52.0 Å². The molecule has 52 heavy (non-hydrogen) atoms. The van der Waals surface area contributed by atoms with Crippen LogP contribution in [0.4, 0.5) is 11.4 Å². The summed E-state index contributed by atoms with van der Waals surface area (Å²) in [6, 6.07) is 13.0. The molecule has 2 atom stereocenters. The quantitative estimate of drug-likeness (QED) is 0.106. The molecule has 4 aromatic rings. The number of hydrogen-bond donors (Lipinski definition) is 4. The minimum Gasteiger partial charge on any atom is -0.465 e. The van der Waals surface area contributed by atoms with Crippen LogP contribution in [-0.2, 0) is 25.5 Å². The van der Waals surface area contributed by atoms with Gasteiger partial charge < -0.3 is 30.5 Å². The molecular weight excluding hydrogens is 656 g/mol. The number of nitrogens with one attached hydrogen (secondary N) is 3. The number of amides is 1. The Labute approximate surface area is 302 Å². The summed E-state index contributed by atoms with van der Waals surface area (Å²) in [6.45, 7) is 14.1. The highest BCUT2D eigenvalue weighted by Gasteiger charge is 2.38. The maximum atomic E-state index is 13.9. The fraction of sp³-hybridized carbons (Fsp3) is 0.293. The van der Waals surface area contributed by atoms with E-state index < -0.39 is 17.9 Å². The fourth-order valence-corrected chi connectivity index (χ4v) is 7.34. The van der Waals surface area contributed by atoms with E-state index in [1.54, 1.807) is 31.2 Å². The van der Waals surface area contributed by atoms with Crippen LogP contribution in [0.2, 0.25) is 0 Å². The molecule has 0 saturated carbocycles. The number of anilines is 2. The number of rotatable bonds is 8. The Hall–Kier alpha value is -5.97. The Bertz CT molecular complexity index is 2350. The third kappa shape index (κ3) is 6.27. The summed E-state index contributed by atoms with van der Waals surface area (Å²) in [5, 5.41) is 2.90. The van der Waals surface area contributed by atoms with Gasteiger partial charge in [-0.1, -0.05) is 38.6 Å². The van der Waals surface area contributed by atoms with Crippen molar-refractivity contribution in [3.8, 4) is 0 Å². The summed E-state index contributed by atoms with van der Waals surface area (Å²) >= 11 is 0. The SMILES string of the molecule is C=Cc1c(C)c2cc3nc(c(C(=O)OC)c4nc(cc5[nH]c(cc1[nH]2)c(C)c5CC)C(C)=C4C(=O)OC)[C@@H](CCC(=O)Nc1ccccc1N)[C@@H]3C. The van der Waals surface area contributed by atoms with Crippen LogP contribution in [0.1, 0.15) is 101 Å². The van der Waals surface area contributed by atoms with Crippen LogP contribution < -0.4 is 11.1 Å². The Balaban J connectivity index is 1.68. The van der Waals surface area contributed by atoms with Crippen molar-refractivity contribution < 1.29 is 23.9 Å². The van der Waals surface area contributed by atoms with E-state index in [2.05, 4.69) is 41.8 Å². The molecule has 0 spiro atoms. The van der Waals surface area contributed by atoms with Crippen molar-refractivity contribution in [3.63, 3.8) is 0 Å². The molecule has 1 aromatic carbocycles. The second-order valence-corrected chi connectivity index (χ2v) is 13.2. The molecule has 5 N–H and O–H groups in total. The van der Waals surface area contributed by atoms with Crippen LogP contribution >= 0.6 is 0 Å². The lowest BCUT2D eigenvalue weighted by Crippen LogP contribution is -2.17. The number of carbonyl (C=O) groups is 3. The molecule has 0 unspecified atom stereocenters. The molecule has 5 heterocycles. The van der Waals surface area contributed by atoms with Gasteiger partial charge in [0, 0.05) is 51.6 Å². The monoisotopic (exact) mass is 700 g/mol. The third-order valence-corrected chi connectivity index (χ3v) is 10.3. The number of carbonyl (C=O) groups excluding carboxylic acids is 3. The number of aryl methyl sites for hydroxylation is 3. The van der Waals surface area contributed by atoms with Gasteiger partial charge in [0.1, 0.15) is 5.56 Å². The zero-order valence-electron chi connectivity index (χ0n) is 30.6. The van der Waals surface area contributed by atoms with Gasteiger partial charge in [0.25, 0.3) is 0 Å². The van der Waals surface area contributed by atoms with Gasteiger partial charge in [0.2, 0.25) is 5.91 Å². The number of para-hydroxylation sites is 2. The highest BCUT2D eigenvalue weighted by atomic mass is 16.5. The molecule has 6 rings (SSSR count). The topological polar surface area (TPSA) is 165 Å². The van der Waals surface area contributed by atoms with Crippen molar-refractivity contribution >= 4 is 68.5 Å². The number of nitrogens with two attached hydrogens (primary N) is 1. The molecule has 0 aliphatic carbocycles. The summed E-state index contributed by atoms with van der Waals surface area (Å²) in [5.74, 6) is -2.26. The molecular formula is C41H44N6O5. The number of nitrogen functional groups attached to an aromatic ring is 1. The van der Waals surface area contributed by atoms with Crippen LogP contribution in [0.3, 0.4) is 0 Å². The standard InChI is InChI=1S/C41H44N6O5/c1-9-24-20(3)29-17-31-22(5)26(15-16-35(48)45-28-14-12-11-13-27(28)42)38(46-31)37(41(50)52-8)39-36(40(49)51-7)23(6)32(47-39)19-34-25(10-2)21(4)30(44-34)18-33(24)43-29/h9,11-14,17-19,22,26,43-44H,1,10,15-16,42H2,2-8H3,(H,45,48)/t22-,26-/m0/s1. The molecule has 268 valence electrons. The van der Waals surface area contributed by atoms with E-state index in [-0.39, 0.29) is 35.1 Å². The summed E-state index contributed by atoms with van der Waals surface area (Å²) in [6.07, 6.45) is 3.01. The first kappa shape index (κ1) is 35.8. The van der Waals surface area contributed by atoms with Crippen LogP contribution in [0.15, 0.2) is 49.0 Å². The van der Waals surface area contributed by atoms with Gasteiger partial charge in [0.05, 0.1) is 48.2 Å². The lowest BCUT2D eigenvalue weighted by atomic mass is 9.85. The normalized spacial score (nSPS) is 15.4. The van der Waals surface area contributed by atoms with Crippen molar-refractivity contribution in [3.05, 3.63) is 99.6 Å². The minimum atomic E-state index is -0.705. The summed E-state index contributed by atoms with van der Waals surface area (Å²) in [7, 11) is 2.58. The lowest BCUT2D eigenvalue weighted by Gasteiger charge is -2.18. The van der Waals surface area contributed by atoms with Gasteiger partial charge >= 0.3 is 11.9 Å². The second-order valence-electron chi connectivity index (χ2n) is 13.2. The molecule has 3 aromatic heterocycles. The molecule has 11 nitrogen and oxygen atoms in total. The van der Waals surface area contributed by atoms with Crippen molar-refractivity contribution in [1.82, 2.24) is 19.9 Å². The van der Waals surface area contributed by atoms with Gasteiger partial charge in [-0.15, -0.1) is 0 Å². The number of benzene rings is 1. The molecule has 1 amide bonds. The molecule has 0 fully saturated rings. The summed E-state index contributed by atoms with van der Waals surface area (Å²) in [5.41, 5.74) is 17.1. The van der Waals surface area contributed by atoms with E-state index in [1.807, 2.05) is 32.1 Å². The predicted octanol–water partition coefficient (Wildman–Crippen LogP) is 7.92. The molecule has 0 radical (unpaired) electrons. The number of fused-ring (bicyclic) bond motifs is 8. The number of methoxy groups -OCH3 is 2. The van der Waals surface area contributed by atoms with E-state index >= 15 is 0 Å². The lowest BCUT2D eigenvalue weighted by molar-refractivity contribution is -0.133. The molecule has 0 saturated heterocycles. The average molecular weight is 701 g/mol. The number of H-pyrrole nitrogens is 2. The Morgan fingerprint density at radius 2 is 1.63 bits per heavy atom. The van der Waals surface area contributed by atoms with Crippen molar-refractivity contribution in [2.75, 3.05) is 25.3 Å². The Morgan fingerprint density at radius 3 is 2.31 bits per heavy atom. The maximum absolute atomic E-state index is 13.9. The van der Waals surface area contributed by atoms with E-state index in [1.165, 1.54) is 14.2 Å². The number of aromatic nitrogens is 4. The molecule has 8 bridgehead atoms. The molecule has 2 aliphatic rings. The van der Waals surface area contributed by atoms with Gasteiger partial charge in [0.15, 0.2) is 0 Å². The maximum Gasteiger partial charge on any atom is 0.341 e. The highest BCUT2D eigenvalue weighted by molar-refractivity contribution is 6.26. The van der Waals surface area contributed by atoms with Gasteiger partial charge in [-0.2, -0.15) is 0 Å². The van der Waals surface area contributed by atoms with Gasteiger partial charge in [-0.3, -0.25) is 9.78 Å². The third-order valence-electron chi connectivity index (χ3n) is 10.3. The number of allylic oxidation sites excluding steroid dienone is 1. The van der Waals surface area contributed by atoms with Crippen molar-refractivity contribution in [2.45, 2.75) is 65.7 Å². The largest absolute Gasteiger partial charge is 0.465 e. The number of esters is 2. The first-order chi connectivity index (χ1) is 24.9. The van der Waals surface area contributed by atoms with Crippen molar-refractivity contribution in [1.29, 1.82) is 0 Å². The highest BCUT2D eigenvalue weighted by Crippen LogP contribution is 2.44. The van der Waals surface area contributed by atoms with Crippen LogP contribution in [0, 0.1) is 13.8 Å². The second kappa shape index (κ2) is 14.3. The fourth-order valence-electron chi connectivity index (χ4n) is 7.34. The zero-order chi connectivity index (χ0) is 37.4. The first-order valence-corrected chi connectivity index (χ1v) is 17.3. The first-order valence-electron chi connectivity index (χ1n) is 17.3. The van der Waals surface area contributed by atoms with E-state index in [4.69, 9.17) is 25.2 Å². The van der Waals surface area contributed by atoms with Gasteiger partial charge in [-0.25, -0.2) is 14.6 Å². The smallest absolute Gasteiger partial charge is 0.341 e. The van der Waals surface area contributed by atoms with E-state index in [0.29, 0.717) is 40.5 Å². The van der Waals surface area contributed by atoms with Crippen LogP contribution in [0.5, 0.6) is 0 Å². The number of ether oxygens (including phenoxy) is 2. The molecule has 11 heteroatoms. The molecule has 2 aliphatic heterocycles.